The molecule has 2 aliphatic rings. The van der Waals surface area contributed by atoms with Gasteiger partial charge in [0.1, 0.15) is 6.07 Å². The van der Waals surface area contributed by atoms with Crippen LogP contribution in [-0.4, -0.2) is 23.1 Å². The van der Waals surface area contributed by atoms with Crippen LogP contribution >= 0.6 is 23.2 Å². The first kappa shape index (κ1) is 20.3. The summed E-state index contributed by atoms with van der Waals surface area (Å²) in [5.74, 6) is 0.567. The van der Waals surface area contributed by atoms with Gasteiger partial charge in [0.15, 0.2) is 5.69 Å². The minimum absolute atomic E-state index is 0.0637. The molecule has 1 atom stereocenters. The Balaban J connectivity index is 1.38. The van der Waals surface area contributed by atoms with Gasteiger partial charge in [-0.05, 0) is 41.9 Å². The van der Waals surface area contributed by atoms with Gasteiger partial charge in [0.2, 0.25) is 5.95 Å². The van der Waals surface area contributed by atoms with Crippen LogP contribution < -0.4 is 10.6 Å². The summed E-state index contributed by atoms with van der Waals surface area (Å²) in [4.78, 5) is 11.3. The molecule has 3 aromatic rings. The zero-order valence-electron chi connectivity index (χ0n) is 16.9. The number of piperidine rings is 1. The molecule has 1 aromatic heterocycles. The lowest BCUT2D eigenvalue weighted by Crippen LogP contribution is -2.45. The van der Waals surface area contributed by atoms with Crippen molar-refractivity contribution in [1.29, 1.82) is 5.26 Å². The summed E-state index contributed by atoms with van der Waals surface area (Å²) in [5, 5.41) is 10.5. The number of hydrogen-bond acceptors (Lipinski definition) is 5. The zero-order chi connectivity index (χ0) is 21.6. The number of hydrogen-bond donors (Lipinski definition) is 1. The fourth-order valence-corrected chi connectivity index (χ4v) is 5.38. The van der Waals surface area contributed by atoms with Crippen LogP contribution in [-0.2, 0) is 6.42 Å². The number of nitrogens with two attached hydrogens (primary N) is 1. The average Bonchev–Trinajstić information content (AvgIpc) is 3.07. The standard InChI is InChI=1S/C24H21Cl2N5/c25-19-7-3-6-17(21(19)26)18-14-29-23(30-20(18)13-27)31-10-8-24(9-11-31)12-15-4-1-2-5-16(15)22(24)28/h1-7,14,22H,8-12,28H2/t22-/m1/s1. The lowest BCUT2D eigenvalue weighted by molar-refractivity contribution is 0.187. The van der Waals surface area contributed by atoms with Crippen LogP contribution in [0.25, 0.3) is 11.1 Å². The minimum atomic E-state index is 0.0637. The van der Waals surface area contributed by atoms with E-state index in [-0.39, 0.29) is 11.5 Å². The average molecular weight is 450 g/mol. The molecule has 7 heteroatoms. The molecule has 0 unspecified atom stereocenters. The quantitative estimate of drug-likeness (QED) is 0.583. The molecule has 31 heavy (non-hydrogen) atoms. The van der Waals surface area contributed by atoms with Crippen molar-refractivity contribution in [3.8, 4) is 17.2 Å². The smallest absolute Gasteiger partial charge is 0.226 e. The summed E-state index contributed by atoms with van der Waals surface area (Å²) in [7, 11) is 0. The minimum Gasteiger partial charge on any atom is -0.341 e. The van der Waals surface area contributed by atoms with Gasteiger partial charge in [-0.3, -0.25) is 0 Å². The number of fused-ring (bicyclic) bond motifs is 1. The lowest BCUT2D eigenvalue weighted by Gasteiger charge is -2.42. The molecule has 0 bridgehead atoms. The number of aromatic nitrogens is 2. The molecule has 0 radical (unpaired) electrons. The third-order valence-corrected chi connectivity index (χ3v) is 7.58. The summed E-state index contributed by atoms with van der Waals surface area (Å²) >= 11 is 12.5. The Kier molecular flexibility index (Phi) is 5.10. The molecule has 1 fully saturated rings. The monoisotopic (exact) mass is 449 g/mol. The zero-order valence-corrected chi connectivity index (χ0v) is 18.4. The number of nitriles is 1. The van der Waals surface area contributed by atoms with Gasteiger partial charge in [-0.15, -0.1) is 0 Å². The number of halogens is 2. The second kappa shape index (κ2) is 7.80. The van der Waals surface area contributed by atoms with Crippen molar-refractivity contribution in [2.75, 3.05) is 18.0 Å². The Hall–Kier alpha value is -2.65. The summed E-state index contributed by atoms with van der Waals surface area (Å²) in [6.45, 7) is 1.62. The maximum absolute atomic E-state index is 9.71. The van der Waals surface area contributed by atoms with E-state index >= 15 is 0 Å². The molecule has 2 N–H and O–H groups in total. The topological polar surface area (TPSA) is 78.8 Å². The van der Waals surface area contributed by atoms with Gasteiger partial charge < -0.3 is 10.6 Å². The maximum Gasteiger partial charge on any atom is 0.226 e. The highest BCUT2D eigenvalue weighted by Crippen LogP contribution is 2.50. The number of nitrogens with zero attached hydrogens (tertiary/aromatic N) is 4. The predicted octanol–water partition coefficient (Wildman–Crippen LogP) is 5.16. The van der Waals surface area contributed by atoms with Crippen molar-refractivity contribution in [2.45, 2.75) is 25.3 Å². The van der Waals surface area contributed by atoms with E-state index in [1.165, 1.54) is 11.1 Å². The third-order valence-electron chi connectivity index (χ3n) is 6.76. The van der Waals surface area contributed by atoms with Gasteiger partial charge in [0.25, 0.3) is 0 Å². The summed E-state index contributed by atoms with van der Waals surface area (Å²) < 4.78 is 0. The summed E-state index contributed by atoms with van der Waals surface area (Å²) in [6, 6.07) is 16.1. The largest absolute Gasteiger partial charge is 0.341 e. The number of benzene rings is 2. The second-order valence-corrected chi connectivity index (χ2v) is 9.13. The lowest BCUT2D eigenvalue weighted by atomic mass is 9.73. The first-order chi connectivity index (χ1) is 15.0. The van der Waals surface area contributed by atoms with Crippen molar-refractivity contribution < 1.29 is 0 Å². The Labute approximate surface area is 191 Å². The van der Waals surface area contributed by atoms with Gasteiger partial charge in [-0.1, -0.05) is 59.6 Å². The van der Waals surface area contributed by atoms with Crippen LogP contribution in [0, 0.1) is 16.7 Å². The molecular formula is C24H21Cl2N5. The van der Waals surface area contributed by atoms with Crippen LogP contribution in [0.2, 0.25) is 10.0 Å². The number of rotatable bonds is 2. The van der Waals surface area contributed by atoms with E-state index in [4.69, 9.17) is 28.9 Å². The molecule has 5 nitrogen and oxygen atoms in total. The van der Waals surface area contributed by atoms with Gasteiger partial charge in [-0.2, -0.15) is 5.26 Å². The van der Waals surface area contributed by atoms with Gasteiger partial charge in [0.05, 0.1) is 10.0 Å². The van der Waals surface area contributed by atoms with Crippen molar-refractivity contribution in [3.05, 3.63) is 75.5 Å². The highest BCUT2D eigenvalue weighted by atomic mass is 35.5. The molecule has 2 aromatic carbocycles. The van der Waals surface area contributed by atoms with Crippen molar-refractivity contribution >= 4 is 29.2 Å². The molecule has 5 rings (SSSR count). The van der Waals surface area contributed by atoms with E-state index in [9.17, 15) is 5.26 Å². The van der Waals surface area contributed by atoms with E-state index in [0.717, 1.165) is 32.4 Å². The van der Waals surface area contributed by atoms with E-state index < -0.39 is 0 Å². The molecular weight excluding hydrogens is 429 g/mol. The van der Waals surface area contributed by atoms with E-state index in [1.807, 2.05) is 6.07 Å². The van der Waals surface area contributed by atoms with Crippen molar-refractivity contribution in [3.63, 3.8) is 0 Å². The van der Waals surface area contributed by atoms with E-state index in [2.05, 4.69) is 45.2 Å². The van der Waals surface area contributed by atoms with Crippen LogP contribution in [0.3, 0.4) is 0 Å². The molecule has 1 spiro atoms. The second-order valence-electron chi connectivity index (χ2n) is 8.35. The third kappa shape index (κ3) is 3.36. The van der Waals surface area contributed by atoms with Crippen LogP contribution in [0.15, 0.2) is 48.7 Å². The normalized spacial score (nSPS) is 19.3. The first-order valence-corrected chi connectivity index (χ1v) is 11.1. The highest BCUT2D eigenvalue weighted by Gasteiger charge is 2.46. The maximum atomic E-state index is 9.71. The first-order valence-electron chi connectivity index (χ1n) is 10.3. The fraction of sp³-hybridized carbons (Fsp3) is 0.292. The molecule has 156 valence electrons. The van der Waals surface area contributed by atoms with Gasteiger partial charge in [0, 0.05) is 36.5 Å². The molecule has 2 heterocycles. The summed E-state index contributed by atoms with van der Waals surface area (Å²) in [5.41, 5.74) is 11.0. The Morgan fingerprint density at radius 3 is 2.58 bits per heavy atom. The SMILES string of the molecule is N#Cc1nc(N2CCC3(CC2)Cc2ccccc2[C@H]3N)ncc1-c1cccc(Cl)c1Cl. The van der Waals surface area contributed by atoms with Gasteiger partial charge in [-0.25, -0.2) is 9.97 Å². The molecule has 1 aliphatic carbocycles. The fourth-order valence-electron chi connectivity index (χ4n) is 4.98. The summed E-state index contributed by atoms with van der Waals surface area (Å²) in [6.07, 6.45) is 4.63. The van der Waals surface area contributed by atoms with Crippen LogP contribution in [0.5, 0.6) is 0 Å². The van der Waals surface area contributed by atoms with E-state index in [0.29, 0.717) is 32.8 Å². The van der Waals surface area contributed by atoms with Gasteiger partial charge >= 0.3 is 0 Å². The Bertz CT molecular complexity index is 1190. The predicted molar refractivity (Wildman–Crippen MR) is 123 cm³/mol. The molecule has 0 amide bonds. The highest BCUT2D eigenvalue weighted by molar-refractivity contribution is 6.43. The van der Waals surface area contributed by atoms with E-state index in [1.54, 1.807) is 18.3 Å². The molecule has 1 aliphatic heterocycles. The Morgan fingerprint density at radius 2 is 1.84 bits per heavy atom. The van der Waals surface area contributed by atoms with Crippen LogP contribution in [0.4, 0.5) is 5.95 Å². The Morgan fingerprint density at radius 1 is 1.06 bits per heavy atom. The van der Waals surface area contributed by atoms with Crippen molar-refractivity contribution in [2.24, 2.45) is 11.1 Å². The molecule has 1 saturated heterocycles. The number of anilines is 1. The molecule has 0 saturated carbocycles. The van der Waals surface area contributed by atoms with Crippen LogP contribution in [0.1, 0.15) is 35.7 Å². The van der Waals surface area contributed by atoms with Crippen molar-refractivity contribution in [1.82, 2.24) is 9.97 Å².